The Labute approximate surface area is 226 Å². The second-order valence-electron chi connectivity index (χ2n) is 9.69. The molecule has 1 aromatic heterocycles. The van der Waals surface area contributed by atoms with Gasteiger partial charge in [-0.25, -0.2) is 4.98 Å². The zero-order valence-corrected chi connectivity index (χ0v) is 23.7. The topological polar surface area (TPSA) is 73.7 Å². The molecule has 37 heavy (non-hydrogen) atoms. The molecule has 0 spiro atoms. The van der Waals surface area contributed by atoms with E-state index in [1.54, 1.807) is 37.0 Å². The van der Waals surface area contributed by atoms with Gasteiger partial charge in [0, 0.05) is 24.6 Å². The van der Waals surface area contributed by atoms with E-state index in [0.29, 0.717) is 44.9 Å². The highest BCUT2D eigenvalue weighted by atomic mass is 79.9. The van der Waals surface area contributed by atoms with Crippen molar-refractivity contribution in [3.8, 4) is 17.2 Å². The van der Waals surface area contributed by atoms with Gasteiger partial charge in [-0.15, -0.1) is 0 Å². The summed E-state index contributed by atoms with van der Waals surface area (Å²) in [6.45, 7) is 4.73. The van der Waals surface area contributed by atoms with Crippen LogP contribution in [-0.4, -0.2) is 41.1 Å². The van der Waals surface area contributed by atoms with Gasteiger partial charge in [-0.05, 0) is 54.2 Å². The van der Waals surface area contributed by atoms with Gasteiger partial charge in [0.1, 0.15) is 17.3 Å². The molecule has 2 aromatic carbocycles. The van der Waals surface area contributed by atoms with E-state index in [1.165, 1.54) is 6.42 Å². The molecule has 0 aliphatic heterocycles. The number of rotatable bonds is 9. The molecule has 1 unspecified atom stereocenters. The minimum absolute atomic E-state index is 0.0253. The summed E-state index contributed by atoms with van der Waals surface area (Å²) in [6.07, 6.45) is 7.06. The molecular weight excluding hydrogens is 534 g/mol. The van der Waals surface area contributed by atoms with E-state index in [9.17, 15) is 9.59 Å². The maximum atomic E-state index is 14.0. The van der Waals surface area contributed by atoms with Gasteiger partial charge in [0.05, 0.1) is 41.3 Å². The Morgan fingerprint density at radius 3 is 2.57 bits per heavy atom. The monoisotopic (exact) mass is 569 g/mol. The number of carbonyl (C=O) groups excluding carboxylic acids is 1. The Morgan fingerprint density at radius 2 is 1.89 bits per heavy atom. The summed E-state index contributed by atoms with van der Waals surface area (Å²) in [6, 6.07) is 10.5. The summed E-state index contributed by atoms with van der Waals surface area (Å²) < 4.78 is 13.3. The van der Waals surface area contributed by atoms with Gasteiger partial charge in [-0.3, -0.25) is 14.2 Å². The molecular formula is C29H36BrN3O4. The molecule has 1 aliphatic carbocycles. The van der Waals surface area contributed by atoms with Crippen LogP contribution in [0.5, 0.6) is 11.5 Å². The normalized spacial score (nSPS) is 14.9. The van der Waals surface area contributed by atoms with Gasteiger partial charge in [-0.1, -0.05) is 44.7 Å². The molecule has 1 saturated carbocycles. The number of amides is 1. The predicted octanol–water partition coefficient (Wildman–Crippen LogP) is 6.44. The van der Waals surface area contributed by atoms with Crippen molar-refractivity contribution < 1.29 is 14.3 Å². The zero-order valence-electron chi connectivity index (χ0n) is 22.1. The number of fused-ring (bicyclic) bond motifs is 1. The number of aromatic nitrogens is 2. The highest BCUT2D eigenvalue weighted by molar-refractivity contribution is 9.10. The van der Waals surface area contributed by atoms with E-state index in [-0.39, 0.29) is 17.4 Å². The molecule has 1 aliphatic rings. The second-order valence-corrected chi connectivity index (χ2v) is 10.5. The highest BCUT2D eigenvalue weighted by Gasteiger charge is 2.32. The van der Waals surface area contributed by atoms with Crippen LogP contribution in [-0.2, 0) is 4.79 Å². The largest absolute Gasteiger partial charge is 0.497 e. The number of halogens is 1. The number of nitrogens with zero attached hydrogens (tertiary/aromatic N) is 3. The molecule has 198 valence electrons. The SMILES string of the molecule is CCCCN(C(=O)C1CCCCC1)C(C)c1nc2ccccc2c(=O)n1-c1cc(OC)cc(OC)c1Br. The van der Waals surface area contributed by atoms with Crippen LogP contribution in [0.1, 0.15) is 70.7 Å². The summed E-state index contributed by atoms with van der Waals surface area (Å²) >= 11 is 3.64. The minimum Gasteiger partial charge on any atom is -0.497 e. The minimum atomic E-state index is -0.414. The summed E-state index contributed by atoms with van der Waals surface area (Å²) in [5.41, 5.74) is 0.961. The number of para-hydroxylation sites is 1. The first-order valence-corrected chi connectivity index (χ1v) is 13.9. The van der Waals surface area contributed by atoms with Crippen LogP contribution in [0.4, 0.5) is 0 Å². The fraction of sp³-hybridized carbons (Fsp3) is 0.483. The first-order chi connectivity index (χ1) is 17.9. The molecule has 0 bridgehead atoms. The lowest BCUT2D eigenvalue weighted by Crippen LogP contribution is -2.41. The van der Waals surface area contributed by atoms with Crippen LogP contribution >= 0.6 is 15.9 Å². The maximum absolute atomic E-state index is 14.0. The fourth-order valence-electron chi connectivity index (χ4n) is 5.20. The van der Waals surface area contributed by atoms with Crippen molar-refractivity contribution in [2.45, 2.75) is 64.8 Å². The molecule has 1 amide bonds. The lowest BCUT2D eigenvalue weighted by Gasteiger charge is -2.34. The number of hydrogen-bond donors (Lipinski definition) is 0. The number of methoxy groups -OCH3 is 2. The number of ether oxygens (including phenoxy) is 2. The van der Waals surface area contributed by atoms with Crippen molar-refractivity contribution in [3.63, 3.8) is 0 Å². The third-order valence-electron chi connectivity index (χ3n) is 7.32. The Bertz CT molecular complexity index is 1320. The highest BCUT2D eigenvalue weighted by Crippen LogP contribution is 2.37. The molecule has 3 aromatic rings. The summed E-state index contributed by atoms with van der Waals surface area (Å²) in [4.78, 5) is 34.8. The van der Waals surface area contributed by atoms with Crippen molar-refractivity contribution >= 4 is 32.7 Å². The lowest BCUT2D eigenvalue weighted by atomic mass is 9.88. The Balaban J connectivity index is 1.94. The van der Waals surface area contributed by atoms with E-state index in [0.717, 1.165) is 38.5 Å². The first-order valence-electron chi connectivity index (χ1n) is 13.1. The van der Waals surface area contributed by atoms with Gasteiger partial charge in [0.15, 0.2) is 0 Å². The van der Waals surface area contributed by atoms with Gasteiger partial charge in [-0.2, -0.15) is 0 Å². The Morgan fingerprint density at radius 1 is 1.16 bits per heavy atom. The van der Waals surface area contributed by atoms with E-state index < -0.39 is 6.04 Å². The van der Waals surface area contributed by atoms with Crippen molar-refractivity contribution in [2.24, 2.45) is 5.92 Å². The molecule has 1 fully saturated rings. The third-order valence-corrected chi connectivity index (χ3v) is 8.12. The quantitative estimate of drug-likeness (QED) is 0.296. The van der Waals surface area contributed by atoms with E-state index in [2.05, 4.69) is 22.9 Å². The van der Waals surface area contributed by atoms with Crippen LogP contribution in [0.2, 0.25) is 0 Å². The number of benzene rings is 2. The van der Waals surface area contributed by atoms with E-state index >= 15 is 0 Å². The number of carbonyl (C=O) groups is 1. The average molecular weight is 571 g/mol. The van der Waals surface area contributed by atoms with Crippen LogP contribution in [0, 0.1) is 5.92 Å². The van der Waals surface area contributed by atoms with Crippen LogP contribution < -0.4 is 15.0 Å². The second kappa shape index (κ2) is 12.1. The number of hydrogen-bond acceptors (Lipinski definition) is 5. The van der Waals surface area contributed by atoms with Crippen molar-refractivity contribution in [1.82, 2.24) is 14.5 Å². The molecule has 4 rings (SSSR count). The Hall–Kier alpha value is -2.87. The summed E-state index contributed by atoms with van der Waals surface area (Å²) in [7, 11) is 3.15. The Kier molecular flexibility index (Phi) is 8.90. The fourth-order valence-corrected chi connectivity index (χ4v) is 5.77. The standard InChI is InChI=1S/C29H36BrN3O4/c1-5-6-16-32(28(34)20-12-8-7-9-13-20)19(2)27-31-23-15-11-10-14-22(23)29(35)33(27)24-17-21(36-3)18-25(37-4)26(24)30/h10-11,14-15,17-20H,5-9,12-13,16H2,1-4H3. The maximum Gasteiger partial charge on any atom is 0.266 e. The van der Waals surface area contributed by atoms with Crippen molar-refractivity contribution in [1.29, 1.82) is 0 Å². The molecule has 7 nitrogen and oxygen atoms in total. The summed E-state index contributed by atoms with van der Waals surface area (Å²) in [5.74, 6) is 1.79. The van der Waals surface area contributed by atoms with E-state index in [4.69, 9.17) is 14.5 Å². The van der Waals surface area contributed by atoms with Gasteiger partial charge in [0.2, 0.25) is 5.91 Å². The molecule has 0 N–H and O–H groups in total. The lowest BCUT2D eigenvalue weighted by molar-refractivity contribution is -0.139. The predicted molar refractivity (Wildman–Crippen MR) is 150 cm³/mol. The van der Waals surface area contributed by atoms with Crippen molar-refractivity contribution in [2.75, 3.05) is 20.8 Å². The van der Waals surface area contributed by atoms with Gasteiger partial charge < -0.3 is 14.4 Å². The van der Waals surface area contributed by atoms with Crippen molar-refractivity contribution in [3.05, 3.63) is 57.0 Å². The van der Waals surface area contributed by atoms with Crippen LogP contribution in [0.3, 0.4) is 0 Å². The van der Waals surface area contributed by atoms with Gasteiger partial charge in [0.25, 0.3) is 5.56 Å². The summed E-state index contributed by atoms with van der Waals surface area (Å²) in [5, 5.41) is 0.505. The first kappa shape index (κ1) is 27.2. The van der Waals surface area contributed by atoms with Crippen LogP contribution in [0.25, 0.3) is 16.6 Å². The number of unbranched alkanes of at least 4 members (excludes halogenated alkanes) is 1. The average Bonchev–Trinajstić information content (AvgIpc) is 2.93. The molecule has 1 heterocycles. The molecule has 1 atom stereocenters. The molecule has 0 radical (unpaired) electrons. The molecule has 8 heteroatoms. The van der Waals surface area contributed by atoms with Gasteiger partial charge >= 0.3 is 0 Å². The smallest absolute Gasteiger partial charge is 0.266 e. The third kappa shape index (κ3) is 5.54. The van der Waals surface area contributed by atoms with E-state index in [1.807, 2.05) is 30.0 Å². The zero-order chi connectivity index (χ0) is 26.5. The molecule has 0 saturated heterocycles. The van der Waals surface area contributed by atoms with Crippen LogP contribution in [0.15, 0.2) is 45.7 Å².